The molecule has 4 nitrogen and oxygen atoms in total. The maximum Gasteiger partial charge on any atom is 0.192 e. The van der Waals surface area contributed by atoms with Gasteiger partial charge in [0.2, 0.25) is 0 Å². The van der Waals surface area contributed by atoms with Crippen LogP contribution in [-0.2, 0) is 6.54 Å². The fraction of sp³-hybridized carbons (Fsp3) is 0.286. The minimum atomic E-state index is -0.205. The van der Waals surface area contributed by atoms with Gasteiger partial charge in [-0.15, -0.1) is 10.2 Å². The normalized spacial score (nSPS) is 15.0. The average molecular weight is 363 g/mol. The Labute approximate surface area is 157 Å². The van der Waals surface area contributed by atoms with E-state index in [0.717, 1.165) is 23.1 Å². The fourth-order valence-electron chi connectivity index (χ4n) is 2.99. The second-order valence-corrected chi connectivity index (χ2v) is 7.99. The number of rotatable bonds is 7. The lowest BCUT2D eigenvalue weighted by Crippen LogP contribution is -2.15. The first-order valence-corrected chi connectivity index (χ1v) is 9.83. The molecule has 0 saturated heterocycles. The van der Waals surface area contributed by atoms with Gasteiger partial charge in [0.1, 0.15) is 5.82 Å². The van der Waals surface area contributed by atoms with Crippen molar-refractivity contribution in [3.63, 3.8) is 0 Å². The summed E-state index contributed by atoms with van der Waals surface area (Å²) in [7, 11) is 0. The predicted octanol–water partition coefficient (Wildman–Crippen LogP) is 4.57. The van der Waals surface area contributed by atoms with Gasteiger partial charge < -0.3 is 4.57 Å². The van der Waals surface area contributed by atoms with Crippen molar-refractivity contribution in [2.24, 2.45) is 0 Å². The van der Waals surface area contributed by atoms with Gasteiger partial charge in [-0.25, -0.2) is 0 Å². The van der Waals surface area contributed by atoms with Crippen LogP contribution < -0.4 is 0 Å². The van der Waals surface area contributed by atoms with Crippen LogP contribution in [0.2, 0.25) is 0 Å². The monoisotopic (exact) mass is 363 g/mol. The van der Waals surface area contributed by atoms with Crippen molar-refractivity contribution in [1.82, 2.24) is 14.8 Å². The first-order chi connectivity index (χ1) is 12.7. The molecule has 1 fully saturated rings. The molecular formula is C21H21N3OS. The highest BCUT2D eigenvalue weighted by Gasteiger charge is 2.31. The highest BCUT2D eigenvalue weighted by atomic mass is 32.2. The van der Waals surface area contributed by atoms with Crippen LogP contribution in [0.4, 0.5) is 0 Å². The van der Waals surface area contributed by atoms with Crippen molar-refractivity contribution < 1.29 is 4.79 Å². The van der Waals surface area contributed by atoms with Crippen molar-refractivity contribution in [3.05, 3.63) is 77.6 Å². The van der Waals surface area contributed by atoms with E-state index in [2.05, 4.69) is 26.9 Å². The molecule has 1 atom stereocenters. The van der Waals surface area contributed by atoms with Crippen LogP contribution in [0.3, 0.4) is 0 Å². The Morgan fingerprint density at radius 3 is 2.38 bits per heavy atom. The van der Waals surface area contributed by atoms with Crippen molar-refractivity contribution in [1.29, 1.82) is 0 Å². The van der Waals surface area contributed by atoms with E-state index in [1.54, 1.807) is 0 Å². The zero-order valence-electron chi connectivity index (χ0n) is 14.7. The van der Waals surface area contributed by atoms with Gasteiger partial charge in [-0.3, -0.25) is 4.79 Å². The van der Waals surface area contributed by atoms with Crippen LogP contribution >= 0.6 is 11.8 Å². The van der Waals surface area contributed by atoms with E-state index >= 15 is 0 Å². The standard InChI is InChI=1S/C21H21N3OS/c1-15(19(25)17-10-6-3-7-11-17)26-21-23-22-20(18-12-13-18)24(21)14-16-8-4-2-5-9-16/h2-11,15,18H,12-14H2,1H3. The Hall–Kier alpha value is -2.40. The Morgan fingerprint density at radius 2 is 1.73 bits per heavy atom. The van der Waals surface area contributed by atoms with Crippen LogP contribution in [0.5, 0.6) is 0 Å². The van der Waals surface area contributed by atoms with E-state index in [9.17, 15) is 4.79 Å². The molecule has 1 heterocycles. The maximum absolute atomic E-state index is 12.7. The van der Waals surface area contributed by atoms with Gasteiger partial charge in [0.25, 0.3) is 0 Å². The largest absolute Gasteiger partial charge is 0.301 e. The van der Waals surface area contributed by atoms with Crippen LogP contribution in [0.25, 0.3) is 0 Å². The number of hydrogen-bond acceptors (Lipinski definition) is 4. The molecule has 1 aliphatic rings. The molecule has 132 valence electrons. The molecule has 4 rings (SSSR count). The number of carbonyl (C=O) groups is 1. The summed E-state index contributed by atoms with van der Waals surface area (Å²) in [6, 6.07) is 19.8. The number of thioether (sulfide) groups is 1. The second-order valence-electron chi connectivity index (χ2n) is 6.68. The van der Waals surface area contributed by atoms with Crippen LogP contribution in [0.1, 0.15) is 47.4 Å². The first-order valence-electron chi connectivity index (χ1n) is 8.95. The van der Waals surface area contributed by atoms with E-state index in [4.69, 9.17) is 0 Å². The molecule has 1 unspecified atom stereocenters. The summed E-state index contributed by atoms with van der Waals surface area (Å²) in [5.74, 6) is 1.69. The third-order valence-electron chi connectivity index (χ3n) is 4.58. The quantitative estimate of drug-likeness (QED) is 0.456. The number of benzene rings is 2. The summed E-state index contributed by atoms with van der Waals surface area (Å²) in [5, 5.41) is 9.47. The fourth-order valence-corrected chi connectivity index (χ4v) is 3.93. The molecule has 0 amide bonds. The molecule has 0 aliphatic heterocycles. The molecule has 0 spiro atoms. The van der Waals surface area contributed by atoms with Gasteiger partial charge in [0.05, 0.1) is 11.8 Å². The summed E-state index contributed by atoms with van der Waals surface area (Å²) in [6.07, 6.45) is 2.35. The molecule has 1 saturated carbocycles. The number of Topliss-reactive ketones (excluding diaryl/α,β-unsaturated/α-hetero) is 1. The summed E-state index contributed by atoms with van der Waals surface area (Å²) in [4.78, 5) is 12.7. The number of aromatic nitrogens is 3. The first kappa shape index (κ1) is 17.0. The molecule has 5 heteroatoms. The molecule has 0 N–H and O–H groups in total. The van der Waals surface area contributed by atoms with Crippen molar-refractivity contribution in [3.8, 4) is 0 Å². The lowest BCUT2D eigenvalue weighted by atomic mass is 10.1. The van der Waals surface area contributed by atoms with E-state index in [1.807, 2.05) is 55.5 Å². The highest BCUT2D eigenvalue weighted by Crippen LogP contribution is 2.40. The van der Waals surface area contributed by atoms with Gasteiger partial charge in [-0.2, -0.15) is 0 Å². The number of ketones is 1. The minimum absolute atomic E-state index is 0.123. The molecule has 0 radical (unpaired) electrons. The summed E-state index contributed by atoms with van der Waals surface area (Å²) < 4.78 is 2.19. The third kappa shape index (κ3) is 3.73. The molecule has 1 aromatic heterocycles. The summed E-state index contributed by atoms with van der Waals surface area (Å²) >= 11 is 1.50. The van der Waals surface area contributed by atoms with Gasteiger partial charge in [0.15, 0.2) is 10.9 Å². The van der Waals surface area contributed by atoms with Crippen molar-refractivity contribution in [2.75, 3.05) is 0 Å². The molecule has 3 aromatic rings. The predicted molar refractivity (Wildman–Crippen MR) is 104 cm³/mol. The molecule has 2 aromatic carbocycles. The molecule has 0 bridgehead atoms. The van der Waals surface area contributed by atoms with Crippen LogP contribution in [0, 0.1) is 0 Å². The highest BCUT2D eigenvalue weighted by molar-refractivity contribution is 8.00. The van der Waals surface area contributed by atoms with Crippen LogP contribution in [0.15, 0.2) is 65.8 Å². The number of hydrogen-bond donors (Lipinski definition) is 0. The van der Waals surface area contributed by atoms with Crippen molar-refractivity contribution >= 4 is 17.5 Å². The molecule has 1 aliphatic carbocycles. The SMILES string of the molecule is CC(Sc1nnc(C2CC2)n1Cc1ccccc1)C(=O)c1ccccc1. The maximum atomic E-state index is 12.7. The van der Waals surface area contributed by atoms with Gasteiger partial charge >= 0.3 is 0 Å². The zero-order chi connectivity index (χ0) is 17.9. The summed E-state index contributed by atoms with van der Waals surface area (Å²) in [6.45, 7) is 2.69. The van der Waals surface area contributed by atoms with Gasteiger partial charge in [-0.05, 0) is 25.3 Å². The Balaban J connectivity index is 1.57. The number of carbonyl (C=O) groups excluding carboxylic acids is 1. The Bertz CT molecular complexity index is 888. The third-order valence-corrected chi connectivity index (χ3v) is 5.66. The molecule has 26 heavy (non-hydrogen) atoms. The molecular weight excluding hydrogens is 342 g/mol. The topological polar surface area (TPSA) is 47.8 Å². The Morgan fingerprint density at radius 1 is 1.08 bits per heavy atom. The Kier molecular flexibility index (Phi) is 4.89. The second kappa shape index (κ2) is 7.46. The van der Waals surface area contributed by atoms with E-state index < -0.39 is 0 Å². The van der Waals surface area contributed by atoms with E-state index in [-0.39, 0.29) is 11.0 Å². The summed E-state index contributed by atoms with van der Waals surface area (Å²) in [5.41, 5.74) is 1.96. The lowest BCUT2D eigenvalue weighted by Gasteiger charge is -2.13. The smallest absolute Gasteiger partial charge is 0.192 e. The lowest BCUT2D eigenvalue weighted by molar-refractivity contribution is 0.0994. The number of nitrogens with zero attached hydrogens (tertiary/aromatic N) is 3. The van der Waals surface area contributed by atoms with Crippen LogP contribution in [-0.4, -0.2) is 25.8 Å². The van der Waals surface area contributed by atoms with Gasteiger partial charge in [0, 0.05) is 11.5 Å². The average Bonchev–Trinajstić information content (AvgIpc) is 3.46. The van der Waals surface area contributed by atoms with Crippen molar-refractivity contribution in [2.45, 2.75) is 42.6 Å². The van der Waals surface area contributed by atoms with E-state index in [0.29, 0.717) is 5.92 Å². The minimum Gasteiger partial charge on any atom is -0.301 e. The van der Waals surface area contributed by atoms with E-state index in [1.165, 1.54) is 30.2 Å². The zero-order valence-corrected chi connectivity index (χ0v) is 15.5. The van der Waals surface area contributed by atoms with Gasteiger partial charge in [-0.1, -0.05) is 72.4 Å².